The van der Waals surface area contributed by atoms with Crippen LogP contribution in [0.25, 0.3) is 0 Å². The topological polar surface area (TPSA) is 152 Å². The van der Waals surface area contributed by atoms with E-state index >= 15 is 0 Å². The van der Waals surface area contributed by atoms with Gasteiger partial charge in [0.15, 0.2) is 11.4 Å². The standard InChI is InChI=1S/C21H21F2N4O7P/c1-25-20(31)16-18(29)17(28)14(19(30)24-9-11-3-4-12(22)7-15(11)23)10-27(16)26(2)21(25)6-5-13(8-21)35(32,33)34/h3-4,7-8,10,29H,5-6,9H2,1-2H3,(H,24,30)(H2,32,33,34). The highest BCUT2D eigenvalue weighted by molar-refractivity contribution is 7.56. The van der Waals surface area contributed by atoms with Crippen LogP contribution in [0, 0.1) is 11.6 Å². The molecule has 1 spiro atoms. The largest absolute Gasteiger partial charge is 0.502 e. The molecule has 11 nitrogen and oxygen atoms in total. The van der Waals surface area contributed by atoms with Gasteiger partial charge in [-0.1, -0.05) is 6.07 Å². The van der Waals surface area contributed by atoms with Crippen LogP contribution in [0.15, 0.2) is 40.6 Å². The summed E-state index contributed by atoms with van der Waals surface area (Å²) in [6.07, 6.45) is 2.37. The number of halogens is 2. The van der Waals surface area contributed by atoms with E-state index in [-0.39, 0.29) is 30.3 Å². The first-order valence-corrected chi connectivity index (χ1v) is 11.9. The van der Waals surface area contributed by atoms with Crippen LogP contribution in [0.5, 0.6) is 5.75 Å². The van der Waals surface area contributed by atoms with Gasteiger partial charge in [0, 0.05) is 43.8 Å². The Hall–Kier alpha value is -3.54. The second kappa shape index (κ2) is 8.29. The molecule has 1 aliphatic heterocycles. The van der Waals surface area contributed by atoms with E-state index in [1.165, 1.54) is 25.2 Å². The molecule has 1 unspecified atom stereocenters. The van der Waals surface area contributed by atoms with E-state index in [1.54, 1.807) is 0 Å². The molecule has 2 heterocycles. The smallest absolute Gasteiger partial charge is 0.352 e. The van der Waals surface area contributed by atoms with Gasteiger partial charge in [0.1, 0.15) is 22.9 Å². The minimum atomic E-state index is -4.58. The zero-order valence-corrected chi connectivity index (χ0v) is 19.4. The van der Waals surface area contributed by atoms with Crippen molar-refractivity contribution in [1.29, 1.82) is 0 Å². The SMILES string of the molecule is CN1C(=O)c2c(O)c(=O)c(C(=O)NCc3ccc(F)cc3F)cn2N(C)C12C=C(P(=O)(O)O)CC2. The number of hydrogen-bond acceptors (Lipinski definition) is 6. The van der Waals surface area contributed by atoms with E-state index in [9.17, 15) is 42.6 Å². The molecule has 0 radical (unpaired) electrons. The van der Waals surface area contributed by atoms with E-state index in [0.717, 1.165) is 27.9 Å². The average molecular weight is 510 g/mol. The number of amides is 2. The van der Waals surface area contributed by atoms with E-state index < -0.39 is 59.1 Å². The molecule has 4 N–H and O–H groups in total. The minimum Gasteiger partial charge on any atom is -0.502 e. The van der Waals surface area contributed by atoms with Crippen molar-refractivity contribution < 1.29 is 37.8 Å². The molecule has 35 heavy (non-hydrogen) atoms. The number of carbonyl (C=O) groups is 2. The Balaban J connectivity index is 1.74. The highest BCUT2D eigenvalue weighted by Crippen LogP contribution is 2.54. The molecular formula is C21H21F2N4O7P. The van der Waals surface area contributed by atoms with Gasteiger partial charge < -0.3 is 25.1 Å². The van der Waals surface area contributed by atoms with E-state index in [4.69, 9.17) is 0 Å². The van der Waals surface area contributed by atoms with Gasteiger partial charge in [-0.25, -0.2) is 8.78 Å². The molecule has 1 aliphatic carbocycles. The highest BCUT2D eigenvalue weighted by atomic mass is 31.2. The molecule has 2 amide bonds. The van der Waals surface area contributed by atoms with Gasteiger partial charge in [-0.3, -0.25) is 28.6 Å². The lowest BCUT2D eigenvalue weighted by Crippen LogP contribution is -2.66. The van der Waals surface area contributed by atoms with Crippen LogP contribution >= 0.6 is 7.60 Å². The van der Waals surface area contributed by atoms with Gasteiger partial charge in [-0.15, -0.1) is 0 Å². The fraction of sp³-hybridized carbons (Fsp3) is 0.286. The first kappa shape index (κ1) is 24.6. The summed E-state index contributed by atoms with van der Waals surface area (Å²) in [4.78, 5) is 58.9. The predicted molar refractivity (Wildman–Crippen MR) is 118 cm³/mol. The molecule has 0 fully saturated rings. The summed E-state index contributed by atoms with van der Waals surface area (Å²) in [5.41, 5.74) is -3.53. The summed E-state index contributed by atoms with van der Waals surface area (Å²) >= 11 is 0. The number of fused-ring (bicyclic) bond motifs is 1. The maximum atomic E-state index is 13.9. The summed E-state index contributed by atoms with van der Waals surface area (Å²) < 4.78 is 39.8. The molecule has 0 bridgehead atoms. The van der Waals surface area contributed by atoms with Gasteiger partial charge in [-0.05, 0) is 25.0 Å². The molecule has 0 saturated heterocycles. The maximum Gasteiger partial charge on any atom is 0.352 e. The van der Waals surface area contributed by atoms with Crippen molar-refractivity contribution in [3.63, 3.8) is 0 Å². The third kappa shape index (κ3) is 3.91. The number of aromatic hydroxyl groups is 1. The lowest BCUT2D eigenvalue weighted by Gasteiger charge is -2.50. The quantitative estimate of drug-likeness (QED) is 0.444. The fourth-order valence-corrected chi connectivity index (χ4v) is 5.11. The minimum absolute atomic E-state index is 0.00959. The number of hydrogen-bond donors (Lipinski definition) is 4. The molecule has 14 heteroatoms. The third-order valence-corrected chi connectivity index (χ3v) is 7.46. The summed E-state index contributed by atoms with van der Waals surface area (Å²) in [5, 5.41) is 14.0. The van der Waals surface area contributed by atoms with Gasteiger partial charge in [0.25, 0.3) is 11.8 Å². The normalized spacial score (nSPS) is 19.7. The first-order valence-electron chi connectivity index (χ1n) is 10.3. The summed E-state index contributed by atoms with van der Waals surface area (Å²) in [7, 11) is -1.75. The van der Waals surface area contributed by atoms with Crippen molar-refractivity contribution in [2.45, 2.75) is 25.0 Å². The van der Waals surface area contributed by atoms with E-state index in [1.807, 2.05) is 0 Å². The number of nitrogens with one attached hydrogen (secondary N) is 1. The lowest BCUT2D eigenvalue weighted by molar-refractivity contribution is 0.0511. The fourth-order valence-electron chi connectivity index (χ4n) is 4.33. The highest BCUT2D eigenvalue weighted by Gasteiger charge is 2.51. The molecule has 2 aliphatic rings. The van der Waals surface area contributed by atoms with Crippen LogP contribution in [0.4, 0.5) is 8.78 Å². The van der Waals surface area contributed by atoms with Crippen LogP contribution in [0.3, 0.4) is 0 Å². The van der Waals surface area contributed by atoms with E-state index in [2.05, 4.69) is 5.32 Å². The number of rotatable bonds is 4. The number of allylic oxidation sites excluding steroid dienone is 1. The Morgan fingerprint density at radius 3 is 2.51 bits per heavy atom. The summed E-state index contributed by atoms with van der Waals surface area (Å²) in [5.74, 6) is -4.50. The number of benzene rings is 1. The molecule has 0 saturated carbocycles. The first-order chi connectivity index (χ1) is 16.3. The van der Waals surface area contributed by atoms with Gasteiger partial charge in [0.05, 0.1) is 0 Å². The predicted octanol–water partition coefficient (Wildman–Crippen LogP) is 0.967. The van der Waals surface area contributed by atoms with Crippen molar-refractivity contribution in [3.05, 3.63) is 74.5 Å². The van der Waals surface area contributed by atoms with Crippen LogP contribution in [-0.4, -0.2) is 56.0 Å². The van der Waals surface area contributed by atoms with Crippen LogP contribution in [0.1, 0.15) is 39.3 Å². The monoisotopic (exact) mass is 510 g/mol. The Morgan fingerprint density at radius 2 is 1.91 bits per heavy atom. The molecule has 1 atom stereocenters. The van der Waals surface area contributed by atoms with Crippen LogP contribution in [-0.2, 0) is 11.1 Å². The van der Waals surface area contributed by atoms with Gasteiger partial charge in [-0.2, -0.15) is 0 Å². The van der Waals surface area contributed by atoms with Crippen molar-refractivity contribution in [2.24, 2.45) is 0 Å². The Morgan fingerprint density at radius 1 is 1.23 bits per heavy atom. The van der Waals surface area contributed by atoms with Gasteiger partial charge >= 0.3 is 7.60 Å². The van der Waals surface area contributed by atoms with Crippen molar-refractivity contribution in [1.82, 2.24) is 14.9 Å². The second-order valence-electron chi connectivity index (χ2n) is 8.28. The lowest BCUT2D eigenvalue weighted by atomic mass is 10.0. The molecule has 186 valence electrons. The Kier molecular flexibility index (Phi) is 5.82. The van der Waals surface area contributed by atoms with E-state index in [0.29, 0.717) is 6.07 Å². The van der Waals surface area contributed by atoms with Crippen molar-refractivity contribution >= 4 is 19.4 Å². The zero-order valence-electron chi connectivity index (χ0n) is 18.5. The molecule has 2 aromatic rings. The number of likely N-dealkylation sites (N-methyl/N-ethyl adjacent to an activating group) is 2. The van der Waals surface area contributed by atoms with Crippen LogP contribution < -0.4 is 15.8 Å². The van der Waals surface area contributed by atoms with Gasteiger partial charge in [0.2, 0.25) is 5.43 Å². The number of nitrogens with zero attached hydrogens (tertiary/aromatic N) is 3. The summed E-state index contributed by atoms with van der Waals surface area (Å²) in [6, 6.07) is 2.76. The number of pyridine rings is 1. The zero-order chi connectivity index (χ0) is 25.9. The Labute approximate surface area is 197 Å². The maximum absolute atomic E-state index is 13.9. The number of carbonyl (C=O) groups excluding carboxylic acids is 2. The molecule has 1 aromatic carbocycles. The third-order valence-electron chi connectivity index (χ3n) is 6.36. The Bertz CT molecular complexity index is 1400. The van der Waals surface area contributed by atoms with Crippen LogP contribution in [0.2, 0.25) is 0 Å². The second-order valence-corrected chi connectivity index (χ2v) is 9.94. The number of aromatic nitrogens is 1. The van der Waals surface area contributed by atoms with Crippen molar-refractivity contribution in [3.8, 4) is 5.75 Å². The molecule has 4 rings (SSSR count). The molecule has 1 aromatic heterocycles. The average Bonchev–Trinajstić information content (AvgIpc) is 3.24. The van der Waals surface area contributed by atoms with Crippen molar-refractivity contribution in [2.75, 3.05) is 19.1 Å². The molecular weight excluding hydrogens is 489 g/mol. The summed E-state index contributed by atoms with van der Waals surface area (Å²) in [6.45, 7) is -0.386.